The number of hydrogen-bond donors (Lipinski definition) is 0. The zero-order chi connectivity index (χ0) is 18.3. The third-order valence-corrected chi connectivity index (χ3v) is 5.06. The normalized spacial score (nSPS) is 12.0. The van der Waals surface area contributed by atoms with Gasteiger partial charge < -0.3 is 0 Å². The summed E-state index contributed by atoms with van der Waals surface area (Å²) in [5.74, 6) is 0.598. The van der Waals surface area contributed by atoms with E-state index in [-0.39, 0.29) is 10.6 Å². The van der Waals surface area contributed by atoms with Crippen molar-refractivity contribution in [1.82, 2.24) is 19.8 Å². The molecule has 0 aliphatic carbocycles. The maximum Gasteiger partial charge on any atom is 0.417 e. The second-order valence-corrected chi connectivity index (χ2v) is 6.82. The largest absolute Gasteiger partial charge is 0.417 e. The van der Waals surface area contributed by atoms with Crippen LogP contribution in [0.4, 0.5) is 13.2 Å². The highest BCUT2D eigenvalue weighted by molar-refractivity contribution is 7.19. The molecule has 0 spiro atoms. The molecular formula is C18H13F3N4S. The fourth-order valence-corrected chi connectivity index (χ4v) is 3.67. The van der Waals surface area contributed by atoms with E-state index >= 15 is 0 Å². The molecule has 0 atom stereocenters. The lowest BCUT2D eigenvalue weighted by atomic mass is 10.1. The van der Waals surface area contributed by atoms with E-state index in [1.165, 1.54) is 16.6 Å². The molecule has 2 aromatic heterocycles. The minimum atomic E-state index is -4.44. The van der Waals surface area contributed by atoms with Crippen molar-refractivity contribution < 1.29 is 13.2 Å². The number of fused-ring (bicyclic) bond motifs is 1. The number of halogens is 3. The van der Waals surface area contributed by atoms with Crippen LogP contribution in [0.2, 0.25) is 0 Å². The van der Waals surface area contributed by atoms with Crippen molar-refractivity contribution in [1.29, 1.82) is 0 Å². The molecule has 0 N–H and O–H groups in total. The molecule has 2 aromatic carbocycles. The smallest absolute Gasteiger partial charge is 0.187 e. The van der Waals surface area contributed by atoms with E-state index in [0.29, 0.717) is 17.2 Å². The average molecular weight is 374 g/mol. The first-order chi connectivity index (χ1) is 12.4. The predicted molar refractivity (Wildman–Crippen MR) is 93.1 cm³/mol. The first-order valence-electron chi connectivity index (χ1n) is 7.86. The van der Waals surface area contributed by atoms with Crippen molar-refractivity contribution in [2.45, 2.75) is 19.5 Å². The standard InChI is InChI=1S/C18H13F3N4S/c1-11-6-2-3-7-12(11)10-15-22-23-17-25(15)24-16(26-17)13-8-4-5-9-14(13)18(19,20)21/h2-9H,10H2,1H3. The van der Waals surface area contributed by atoms with Crippen molar-refractivity contribution in [2.75, 3.05) is 0 Å². The number of aromatic nitrogens is 4. The van der Waals surface area contributed by atoms with Crippen LogP contribution in [-0.2, 0) is 12.6 Å². The molecule has 0 radical (unpaired) electrons. The molecule has 4 aromatic rings. The lowest BCUT2D eigenvalue weighted by Gasteiger charge is -2.10. The number of rotatable bonds is 3. The molecule has 8 heteroatoms. The van der Waals surface area contributed by atoms with Gasteiger partial charge in [-0.25, -0.2) is 0 Å². The highest BCUT2D eigenvalue weighted by Crippen LogP contribution is 2.38. The van der Waals surface area contributed by atoms with Crippen molar-refractivity contribution >= 4 is 16.3 Å². The van der Waals surface area contributed by atoms with Gasteiger partial charge in [-0.2, -0.15) is 22.8 Å². The molecule has 0 aliphatic heterocycles. The number of aryl methyl sites for hydroxylation is 1. The van der Waals surface area contributed by atoms with E-state index in [1.807, 2.05) is 31.2 Å². The predicted octanol–water partition coefficient (Wildman–Crippen LogP) is 4.77. The molecule has 0 fully saturated rings. The number of nitrogens with zero attached hydrogens (tertiary/aromatic N) is 4. The van der Waals surface area contributed by atoms with E-state index in [4.69, 9.17) is 0 Å². The maximum absolute atomic E-state index is 13.3. The fourth-order valence-electron chi connectivity index (χ4n) is 2.77. The Hall–Kier alpha value is -2.74. The molecule has 26 heavy (non-hydrogen) atoms. The summed E-state index contributed by atoms with van der Waals surface area (Å²) in [5, 5.41) is 12.8. The third-order valence-electron chi connectivity index (χ3n) is 4.13. The Balaban J connectivity index is 1.77. The van der Waals surface area contributed by atoms with Gasteiger partial charge in [0.05, 0.1) is 5.56 Å². The second-order valence-electron chi connectivity index (χ2n) is 5.86. The van der Waals surface area contributed by atoms with Crippen molar-refractivity contribution in [3.05, 3.63) is 71.0 Å². The number of alkyl halides is 3. The lowest BCUT2D eigenvalue weighted by Crippen LogP contribution is -2.07. The van der Waals surface area contributed by atoms with Gasteiger partial charge in [-0.1, -0.05) is 53.8 Å². The highest BCUT2D eigenvalue weighted by Gasteiger charge is 2.34. The summed E-state index contributed by atoms with van der Waals surface area (Å²) in [7, 11) is 0. The van der Waals surface area contributed by atoms with Gasteiger partial charge in [0.2, 0.25) is 4.96 Å². The molecule has 0 amide bonds. The van der Waals surface area contributed by atoms with Crippen LogP contribution >= 0.6 is 11.3 Å². The molecule has 132 valence electrons. The van der Waals surface area contributed by atoms with E-state index in [0.717, 1.165) is 28.5 Å². The molecule has 0 unspecified atom stereocenters. The minimum Gasteiger partial charge on any atom is -0.187 e. The summed E-state index contributed by atoms with van der Waals surface area (Å²) in [6.07, 6.45) is -3.93. The molecule has 2 heterocycles. The van der Waals surface area contributed by atoms with Crippen LogP contribution in [0.3, 0.4) is 0 Å². The zero-order valence-electron chi connectivity index (χ0n) is 13.7. The SMILES string of the molecule is Cc1ccccc1Cc1nnc2sc(-c3ccccc3C(F)(F)F)nn12. The Bertz CT molecular complexity index is 1080. The van der Waals surface area contributed by atoms with Crippen molar-refractivity contribution in [3.8, 4) is 10.6 Å². The summed E-state index contributed by atoms with van der Waals surface area (Å²) in [6.45, 7) is 2.00. The summed E-state index contributed by atoms with van der Waals surface area (Å²) >= 11 is 1.09. The van der Waals surface area contributed by atoms with Gasteiger partial charge in [0, 0.05) is 12.0 Å². The zero-order valence-corrected chi connectivity index (χ0v) is 14.5. The van der Waals surface area contributed by atoms with E-state index in [9.17, 15) is 13.2 Å². The maximum atomic E-state index is 13.3. The van der Waals surface area contributed by atoms with Crippen LogP contribution in [-0.4, -0.2) is 19.8 Å². The molecule has 0 saturated heterocycles. The topological polar surface area (TPSA) is 43.1 Å². The van der Waals surface area contributed by atoms with Crippen LogP contribution in [0.25, 0.3) is 15.5 Å². The van der Waals surface area contributed by atoms with Crippen molar-refractivity contribution in [2.24, 2.45) is 0 Å². The Morgan fingerprint density at radius 1 is 1.00 bits per heavy atom. The Morgan fingerprint density at radius 2 is 1.73 bits per heavy atom. The Kier molecular flexibility index (Phi) is 3.99. The molecule has 4 nitrogen and oxygen atoms in total. The fraction of sp³-hybridized carbons (Fsp3) is 0.167. The Morgan fingerprint density at radius 3 is 2.50 bits per heavy atom. The van der Waals surface area contributed by atoms with Crippen LogP contribution in [0, 0.1) is 6.92 Å². The lowest BCUT2D eigenvalue weighted by molar-refractivity contribution is -0.137. The average Bonchev–Trinajstić information content (AvgIpc) is 3.18. The quantitative estimate of drug-likeness (QED) is 0.519. The van der Waals surface area contributed by atoms with E-state index in [1.54, 1.807) is 6.07 Å². The monoisotopic (exact) mass is 374 g/mol. The summed E-state index contributed by atoms with van der Waals surface area (Å²) in [4.78, 5) is 0.473. The van der Waals surface area contributed by atoms with Gasteiger partial charge in [0.1, 0.15) is 5.01 Å². The molecule has 0 bridgehead atoms. The van der Waals surface area contributed by atoms with Gasteiger partial charge in [0.15, 0.2) is 5.82 Å². The van der Waals surface area contributed by atoms with Gasteiger partial charge in [-0.3, -0.25) is 0 Å². The van der Waals surface area contributed by atoms with Crippen LogP contribution in [0.5, 0.6) is 0 Å². The summed E-state index contributed by atoms with van der Waals surface area (Å²) < 4.78 is 41.3. The van der Waals surface area contributed by atoms with E-state index in [2.05, 4.69) is 15.3 Å². The van der Waals surface area contributed by atoms with Gasteiger partial charge in [0.25, 0.3) is 0 Å². The van der Waals surface area contributed by atoms with Crippen LogP contribution in [0.1, 0.15) is 22.5 Å². The first-order valence-corrected chi connectivity index (χ1v) is 8.67. The van der Waals surface area contributed by atoms with Crippen LogP contribution in [0.15, 0.2) is 48.5 Å². The number of benzene rings is 2. The molecular weight excluding hydrogens is 361 g/mol. The number of hydrogen-bond acceptors (Lipinski definition) is 4. The summed E-state index contributed by atoms with van der Waals surface area (Å²) in [5.41, 5.74) is 1.54. The van der Waals surface area contributed by atoms with Gasteiger partial charge in [-0.05, 0) is 24.1 Å². The van der Waals surface area contributed by atoms with E-state index < -0.39 is 11.7 Å². The van der Waals surface area contributed by atoms with Gasteiger partial charge >= 0.3 is 6.18 Å². The third kappa shape index (κ3) is 2.96. The molecule has 0 saturated carbocycles. The summed E-state index contributed by atoms with van der Waals surface area (Å²) in [6, 6.07) is 13.3. The minimum absolute atomic E-state index is 0.0531. The Labute approximate surface area is 150 Å². The first kappa shape index (κ1) is 16.7. The van der Waals surface area contributed by atoms with Crippen molar-refractivity contribution in [3.63, 3.8) is 0 Å². The molecule has 4 rings (SSSR count). The highest BCUT2D eigenvalue weighted by atomic mass is 32.1. The molecule has 0 aliphatic rings. The second kappa shape index (κ2) is 6.21. The van der Waals surface area contributed by atoms with Gasteiger partial charge in [-0.15, -0.1) is 10.2 Å². The van der Waals surface area contributed by atoms with Crippen LogP contribution < -0.4 is 0 Å².